The number of nitrogens with two attached hydrogens (primary N) is 1. The van der Waals surface area contributed by atoms with Crippen molar-refractivity contribution in [2.45, 2.75) is 6.42 Å². The summed E-state index contributed by atoms with van der Waals surface area (Å²) in [6.45, 7) is 0. The van der Waals surface area contributed by atoms with E-state index < -0.39 is 0 Å². The van der Waals surface area contributed by atoms with Crippen LogP contribution in [0.5, 0.6) is 0 Å². The summed E-state index contributed by atoms with van der Waals surface area (Å²) in [5.41, 5.74) is 12.0. The Bertz CT molecular complexity index is 1620. The maximum absolute atomic E-state index is 6.47. The molecule has 0 unspecified atom stereocenters. The van der Waals surface area contributed by atoms with Crippen LogP contribution < -0.4 is 5.73 Å². The van der Waals surface area contributed by atoms with Crippen LogP contribution in [0.2, 0.25) is 0 Å². The van der Waals surface area contributed by atoms with Gasteiger partial charge >= 0.3 is 0 Å². The van der Waals surface area contributed by atoms with Gasteiger partial charge in [0, 0.05) is 5.70 Å². The Balaban J connectivity index is 1.34. The van der Waals surface area contributed by atoms with Gasteiger partial charge in [-0.2, -0.15) is 0 Å². The zero-order valence-electron chi connectivity index (χ0n) is 18.9. The van der Waals surface area contributed by atoms with Crippen molar-refractivity contribution in [3.05, 3.63) is 139 Å². The molecule has 0 atom stereocenters. The van der Waals surface area contributed by atoms with Crippen LogP contribution in [0, 0.1) is 0 Å². The predicted octanol–water partition coefficient (Wildman–Crippen LogP) is 8.36. The fourth-order valence-corrected chi connectivity index (χ4v) is 4.91. The summed E-state index contributed by atoms with van der Waals surface area (Å²) in [4.78, 5) is 0. The topological polar surface area (TPSA) is 26.0 Å². The number of hydrogen-bond donors (Lipinski definition) is 1. The SMILES string of the molecule is N/C(=C\Cc1ccc2c3ccccc3c3ccccc3c2c1)c1ccc(-c2ccccc2)cc1. The molecule has 0 spiro atoms. The second-order valence-corrected chi connectivity index (χ2v) is 8.78. The van der Waals surface area contributed by atoms with E-state index in [1.54, 1.807) is 0 Å². The minimum absolute atomic E-state index is 0.795. The molecule has 6 aromatic rings. The summed E-state index contributed by atoms with van der Waals surface area (Å²) in [5, 5.41) is 7.80. The van der Waals surface area contributed by atoms with Crippen LogP contribution in [-0.4, -0.2) is 0 Å². The van der Waals surface area contributed by atoms with Crippen LogP contribution in [0.3, 0.4) is 0 Å². The molecule has 0 amide bonds. The second-order valence-electron chi connectivity index (χ2n) is 8.78. The molecule has 0 aliphatic heterocycles. The van der Waals surface area contributed by atoms with Crippen molar-refractivity contribution in [3.8, 4) is 11.1 Å². The Morgan fingerprint density at radius 2 is 1.00 bits per heavy atom. The lowest BCUT2D eigenvalue weighted by molar-refractivity contribution is 1.27. The van der Waals surface area contributed by atoms with Crippen molar-refractivity contribution in [1.82, 2.24) is 0 Å². The number of hydrogen-bond acceptors (Lipinski definition) is 1. The summed E-state index contributed by atoms with van der Waals surface area (Å²) in [7, 11) is 0. The highest BCUT2D eigenvalue weighted by atomic mass is 14.6. The van der Waals surface area contributed by atoms with Gasteiger partial charge < -0.3 is 5.73 Å². The molecule has 0 aromatic heterocycles. The number of rotatable bonds is 4. The minimum atomic E-state index is 0.795. The van der Waals surface area contributed by atoms with Gasteiger partial charge in [-0.25, -0.2) is 0 Å². The van der Waals surface area contributed by atoms with E-state index in [0.29, 0.717) is 0 Å². The van der Waals surface area contributed by atoms with Gasteiger partial charge in [0.1, 0.15) is 0 Å². The van der Waals surface area contributed by atoms with Gasteiger partial charge in [0.2, 0.25) is 0 Å². The van der Waals surface area contributed by atoms with Gasteiger partial charge in [-0.15, -0.1) is 0 Å². The molecule has 0 bridgehead atoms. The molecule has 6 aromatic carbocycles. The fourth-order valence-electron chi connectivity index (χ4n) is 4.91. The van der Waals surface area contributed by atoms with Crippen LogP contribution in [0.15, 0.2) is 127 Å². The largest absolute Gasteiger partial charge is 0.398 e. The van der Waals surface area contributed by atoms with Gasteiger partial charge in [0.15, 0.2) is 0 Å². The Morgan fingerprint density at radius 1 is 0.500 bits per heavy atom. The van der Waals surface area contributed by atoms with Crippen molar-refractivity contribution in [2.24, 2.45) is 5.73 Å². The Labute approximate surface area is 199 Å². The molecular weight excluding hydrogens is 410 g/mol. The normalized spacial score (nSPS) is 11.9. The molecule has 0 saturated heterocycles. The zero-order valence-corrected chi connectivity index (χ0v) is 18.9. The number of allylic oxidation sites excluding steroid dienone is 1. The summed E-state index contributed by atoms with van der Waals surface area (Å²) in [6.07, 6.45) is 2.92. The molecule has 1 nitrogen and oxygen atoms in total. The molecule has 162 valence electrons. The maximum atomic E-state index is 6.47. The minimum Gasteiger partial charge on any atom is -0.398 e. The standard InChI is InChI=1S/C33H25N/c34-33(26-18-16-25(17-19-26)24-8-2-1-3-9-24)21-15-23-14-20-31-29-12-5-4-10-27(29)28-11-6-7-13-30(28)32(31)22-23/h1-14,16-22H,15,34H2/b33-21-. The summed E-state index contributed by atoms with van der Waals surface area (Å²) in [5.74, 6) is 0. The van der Waals surface area contributed by atoms with Crippen LogP contribution in [0.25, 0.3) is 49.1 Å². The molecule has 0 aliphatic rings. The van der Waals surface area contributed by atoms with Crippen LogP contribution in [-0.2, 0) is 6.42 Å². The van der Waals surface area contributed by atoms with Crippen molar-refractivity contribution in [3.63, 3.8) is 0 Å². The van der Waals surface area contributed by atoms with E-state index in [1.165, 1.54) is 49.0 Å². The Morgan fingerprint density at radius 3 is 1.62 bits per heavy atom. The summed E-state index contributed by atoms with van der Waals surface area (Å²) < 4.78 is 0. The molecule has 0 saturated carbocycles. The first kappa shape index (κ1) is 20.3. The Kier molecular flexibility index (Phi) is 5.08. The highest BCUT2D eigenvalue weighted by Crippen LogP contribution is 2.35. The lowest BCUT2D eigenvalue weighted by atomic mass is 9.93. The van der Waals surface area contributed by atoms with Gasteiger partial charge in [-0.3, -0.25) is 0 Å². The average Bonchev–Trinajstić information content (AvgIpc) is 2.92. The third kappa shape index (κ3) is 3.62. The second kappa shape index (κ2) is 8.53. The first-order valence-electron chi connectivity index (χ1n) is 11.7. The third-order valence-corrected chi connectivity index (χ3v) is 6.69. The smallest absolute Gasteiger partial charge is 0.0350 e. The van der Waals surface area contributed by atoms with E-state index in [2.05, 4.69) is 121 Å². The molecule has 2 N–H and O–H groups in total. The van der Waals surface area contributed by atoms with Crippen LogP contribution >= 0.6 is 0 Å². The molecule has 0 radical (unpaired) electrons. The van der Waals surface area contributed by atoms with E-state index in [9.17, 15) is 0 Å². The highest BCUT2D eigenvalue weighted by Gasteiger charge is 2.08. The quantitative estimate of drug-likeness (QED) is 0.277. The molecule has 0 heterocycles. The molecule has 1 heteroatoms. The monoisotopic (exact) mass is 435 g/mol. The highest BCUT2D eigenvalue weighted by molar-refractivity contribution is 6.25. The van der Waals surface area contributed by atoms with Gasteiger partial charge in [-0.05, 0) is 61.0 Å². The van der Waals surface area contributed by atoms with E-state index in [1.807, 2.05) is 6.07 Å². The maximum Gasteiger partial charge on any atom is 0.0350 e. The van der Waals surface area contributed by atoms with E-state index in [4.69, 9.17) is 5.73 Å². The fraction of sp³-hybridized carbons (Fsp3) is 0.0303. The number of benzene rings is 6. The van der Waals surface area contributed by atoms with Crippen LogP contribution in [0.4, 0.5) is 0 Å². The van der Waals surface area contributed by atoms with Crippen molar-refractivity contribution < 1.29 is 0 Å². The average molecular weight is 436 g/mol. The van der Waals surface area contributed by atoms with Crippen LogP contribution in [0.1, 0.15) is 11.1 Å². The van der Waals surface area contributed by atoms with Gasteiger partial charge in [0.05, 0.1) is 0 Å². The molecule has 0 fully saturated rings. The molecule has 0 aliphatic carbocycles. The van der Waals surface area contributed by atoms with Crippen molar-refractivity contribution in [1.29, 1.82) is 0 Å². The first-order valence-corrected chi connectivity index (χ1v) is 11.7. The summed E-state index contributed by atoms with van der Waals surface area (Å²) >= 11 is 0. The van der Waals surface area contributed by atoms with Gasteiger partial charge in [-0.1, -0.05) is 127 Å². The van der Waals surface area contributed by atoms with E-state index in [-0.39, 0.29) is 0 Å². The molecule has 34 heavy (non-hydrogen) atoms. The zero-order chi connectivity index (χ0) is 22.9. The summed E-state index contributed by atoms with van der Waals surface area (Å²) in [6, 6.07) is 43.1. The molecule has 6 rings (SSSR count). The first-order chi connectivity index (χ1) is 16.8. The van der Waals surface area contributed by atoms with Crippen molar-refractivity contribution in [2.75, 3.05) is 0 Å². The van der Waals surface area contributed by atoms with E-state index >= 15 is 0 Å². The van der Waals surface area contributed by atoms with Gasteiger partial charge in [0.25, 0.3) is 0 Å². The lowest BCUT2D eigenvalue weighted by Gasteiger charge is -2.11. The molecular formula is C33H25N. The van der Waals surface area contributed by atoms with E-state index in [0.717, 1.165) is 17.7 Å². The van der Waals surface area contributed by atoms with Crippen molar-refractivity contribution >= 4 is 38.0 Å². The Hall–Kier alpha value is -4.36. The number of fused-ring (bicyclic) bond motifs is 6. The third-order valence-electron chi connectivity index (χ3n) is 6.69. The lowest BCUT2D eigenvalue weighted by Crippen LogP contribution is -1.97. The predicted molar refractivity (Wildman–Crippen MR) is 147 cm³/mol.